The second kappa shape index (κ2) is 8.39. The van der Waals surface area contributed by atoms with Crippen molar-refractivity contribution >= 4 is 17.5 Å². The molecule has 6 heteroatoms. The van der Waals surface area contributed by atoms with E-state index in [1.54, 1.807) is 36.4 Å². The smallest absolute Gasteiger partial charge is 0.291 e. The van der Waals surface area contributed by atoms with Crippen molar-refractivity contribution in [3.8, 4) is 0 Å². The first kappa shape index (κ1) is 19.2. The average Bonchev–Trinajstić information content (AvgIpc) is 3.22. The molecule has 1 saturated heterocycles. The topological polar surface area (TPSA) is 74.6 Å². The second-order valence-corrected chi connectivity index (χ2v) is 7.55. The molecule has 1 aliphatic rings. The number of carbonyl (C=O) groups is 2. The fourth-order valence-corrected chi connectivity index (χ4v) is 3.32. The lowest BCUT2D eigenvalue weighted by Gasteiger charge is -2.41. The molecule has 0 bridgehead atoms. The van der Waals surface area contributed by atoms with Crippen LogP contribution in [0.2, 0.25) is 0 Å². The second-order valence-electron chi connectivity index (χ2n) is 7.55. The van der Waals surface area contributed by atoms with Crippen molar-refractivity contribution in [2.75, 3.05) is 25.0 Å². The molecular weight excluding hydrogens is 342 g/mol. The zero-order chi connectivity index (χ0) is 19.3. The van der Waals surface area contributed by atoms with Gasteiger partial charge in [-0.1, -0.05) is 6.42 Å². The molecule has 1 fully saturated rings. The maximum absolute atomic E-state index is 12.5. The van der Waals surface area contributed by atoms with Crippen LogP contribution in [0.4, 0.5) is 5.69 Å². The highest BCUT2D eigenvalue weighted by molar-refractivity contribution is 6.02. The van der Waals surface area contributed by atoms with Crippen LogP contribution in [0.5, 0.6) is 0 Å². The Bertz CT molecular complexity index is 760. The summed E-state index contributed by atoms with van der Waals surface area (Å²) in [4.78, 5) is 26.9. The van der Waals surface area contributed by atoms with Gasteiger partial charge in [-0.2, -0.15) is 0 Å². The molecule has 0 radical (unpaired) electrons. The summed E-state index contributed by atoms with van der Waals surface area (Å²) in [5, 5.41) is 5.77. The van der Waals surface area contributed by atoms with Gasteiger partial charge in [0.15, 0.2) is 5.76 Å². The SMILES string of the molecule is CC(C)(CNC(=O)c1ccc(NC(=O)c2ccco2)cc1)N1CCCCC1. The van der Waals surface area contributed by atoms with Gasteiger partial charge in [-0.05, 0) is 76.2 Å². The minimum atomic E-state index is -0.319. The third kappa shape index (κ3) is 4.98. The number of anilines is 1. The molecule has 6 nitrogen and oxygen atoms in total. The first-order chi connectivity index (χ1) is 13.0. The van der Waals surface area contributed by atoms with Gasteiger partial charge in [0.25, 0.3) is 11.8 Å². The molecule has 2 aromatic rings. The number of piperidine rings is 1. The van der Waals surface area contributed by atoms with Crippen molar-refractivity contribution in [2.45, 2.75) is 38.6 Å². The Labute approximate surface area is 159 Å². The zero-order valence-corrected chi connectivity index (χ0v) is 16.0. The summed E-state index contributed by atoms with van der Waals surface area (Å²) in [6.07, 6.45) is 5.20. The highest BCUT2D eigenvalue weighted by Gasteiger charge is 2.28. The van der Waals surface area contributed by atoms with Crippen molar-refractivity contribution in [1.82, 2.24) is 10.2 Å². The van der Waals surface area contributed by atoms with E-state index in [1.807, 2.05) is 0 Å². The van der Waals surface area contributed by atoms with Gasteiger partial charge < -0.3 is 15.1 Å². The van der Waals surface area contributed by atoms with Crippen LogP contribution in [0.1, 0.15) is 54.0 Å². The van der Waals surface area contributed by atoms with Crippen LogP contribution < -0.4 is 10.6 Å². The Morgan fingerprint density at radius 2 is 1.74 bits per heavy atom. The van der Waals surface area contributed by atoms with Gasteiger partial charge in [0.2, 0.25) is 0 Å². The van der Waals surface area contributed by atoms with Crippen LogP contribution in [0.15, 0.2) is 47.1 Å². The van der Waals surface area contributed by atoms with E-state index in [9.17, 15) is 9.59 Å². The van der Waals surface area contributed by atoms with E-state index in [-0.39, 0.29) is 23.1 Å². The first-order valence-corrected chi connectivity index (χ1v) is 9.44. The number of carbonyl (C=O) groups excluding carboxylic acids is 2. The van der Waals surface area contributed by atoms with Crippen molar-refractivity contribution < 1.29 is 14.0 Å². The predicted octanol–water partition coefficient (Wildman–Crippen LogP) is 3.53. The summed E-state index contributed by atoms with van der Waals surface area (Å²) < 4.78 is 5.06. The molecule has 144 valence electrons. The van der Waals surface area contributed by atoms with Crippen LogP contribution in [0, 0.1) is 0 Å². The van der Waals surface area contributed by atoms with E-state index >= 15 is 0 Å². The Hall–Kier alpha value is -2.60. The molecule has 0 atom stereocenters. The molecule has 2 amide bonds. The monoisotopic (exact) mass is 369 g/mol. The van der Waals surface area contributed by atoms with Gasteiger partial charge in [0.05, 0.1) is 6.26 Å². The summed E-state index contributed by atoms with van der Waals surface area (Å²) in [6.45, 7) is 7.13. The van der Waals surface area contributed by atoms with Gasteiger partial charge in [-0.15, -0.1) is 0 Å². The van der Waals surface area contributed by atoms with E-state index < -0.39 is 0 Å². The van der Waals surface area contributed by atoms with E-state index in [0.29, 0.717) is 17.8 Å². The van der Waals surface area contributed by atoms with Crippen LogP contribution in [-0.4, -0.2) is 41.9 Å². The fraction of sp³-hybridized carbons (Fsp3) is 0.429. The summed E-state index contributed by atoms with van der Waals surface area (Å²) in [5.41, 5.74) is 1.12. The van der Waals surface area contributed by atoms with Gasteiger partial charge in [0, 0.05) is 23.3 Å². The van der Waals surface area contributed by atoms with Gasteiger partial charge in [-0.25, -0.2) is 0 Å². The number of nitrogens with zero attached hydrogens (tertiary/aromatic N) is 1. The van der Waals surface area contributed by atoms with Gasteiger partial charge in [-0.3, -0.25) is 14.5 Å². The highest BCUT2D eigenvalue weighted by Crippen LogP contribution is 2.20. The average molecular weight is 369 g/mol. The lowest BCUT2D eigenvalue weighted by molar-refractivity contribution is 0.0797. The number of likely N-dealkylation sites (tertiary alicyclic amines) is 1. The van der Waals surface area contributed by atoms with Crippen LogP contribution in [0.25, 0.3) is 0 Å². The minimum Gasteiger partial charge on any atom is -0.459 e. The number of hydrogen-bond donors (Lipinski definition) is 2. The quantitative estimate of drug-likeness (QED) is 0.817. The maximum Gasteiger partial charge on any atom is 0.291 e. The first-order valence-electron chi connectivity index (χ1n) is 9.44. The fourth-order valence-electron chi connectivity index (χ4n) is 3.32. The standard InChI is InChI=1S/C21H27N3O3/c1-21(2,24-12-4-3-5-13-24)15-22-19(25)16-8-10-17(11-9-16)23-20(26)18-7-6-14-27-18/h6-11,14H,3-5,12-13,15H2,1-2H3,(H,22,25)(H,23,26). The van der Waals surface area contributed by atoms with Gasteiger partial charge in [0.1, 0.15) is 0 Å². The Morgan fingerprint density at radius 3 is 2.37 bits per heavy atom. The van der Waals surface area contributed by atoms with Crippen molar-refractivity contribution in [3.05, 3.63) is 54.0 Å². The third-order valence-electron chi connectivity index (χ3n) is 5.04. The van der Waals surface area contributed by atoms with Crippen LogP contribution in [-0.2, 0) is 0 Å². The molecule has 2 heterocycles. The van der Waals surface area contributed by atoms with Crippen molar-refractivity contribution in [2.24, 2.45) is 0 Å². The molecule has 0 unspecified atom stereocenters. The molecule has 1 aromatic carbocycles. The number of rotatable bonds is 6. The molecule has 3 rings (SSSR count). The van der Waals surface area contributed by atoms with E-state index in [2.05, 4.69) is 29.4 Å². The summed E-state index contributed by atoms with van der Waals surface area (Å²) in [5.74, 6) is -0.179. The number of benzene rings is 1. The predicted molar refractivity (Wildman–Crippen MR) is 105 cm³/mol. The molecule has 1 aromatic heterocycles. The number of furan rings is 1. The van der Waals surface area contributed by atoms with Crippen molar-refractivity contribution in [3.63, 3.8) is 0 Å². The normalized spacial score (nSPS) is 15.3. The molecule has 27 heavy (non-hydrogen) atoms. The van der Waals surface area contributed by atoms with Crippen molar-refractivity contribution in [1.29, 1.82) is 0 Å². The molecule has 1 aliphatic heterocycles. The van der Waals surface area contributed by atoms with Gasteiger partial charge >= 0.3 is 0 Å². The Kier molecular flexibility index (Phi) is 5.96. The Balaban J connectivity index is 1.53. The molecular formula is C21H27N3O3. The minimum absolute atomic E-state index is 0.0625. The van der Waals surface area contributed by atoms with E-state index in [1.165, 1.54) is 25.5 Å². The third-order valence-corrected chi connectivity index (χ3v) is 5.04. The largest absolute Gasteiger partial charge is 0.459 e. The molecule has 0 aliphatic carbocycles. The molecule has 2 N–H and O–H groups in total. The Morgan fingerprint density at radius 1 is 1.04 bits per heavy atom. The molecule has 0 spiro atoms. The summed E-state index contributed by atoms with van der Waals surface area (Å²) in [6, 6.07) is 10.1. The summed E-state index contributed by atoms with van der Waals surface area (Å²) >= 11 is 0. The lowest BCUT2D eigenvalue weighted by atomic mass is 9.98. The van der Waals surface area contributed by atoms with Crippen LogP contribution >= 0.6 is 0 Å². The van der Waals surface area contributed by atoms with E-state index in [4.69, 9.17) is 4.42 Å². The zero-order valence-electron chi connectivity index (χ0n) is 16.0. The van der Waals surface area contributed by atoms with Crippen LogP contribution in [0.3, 0.4) is 0 Å². The maximum atomic E-state index is 12.5. The number of nitrogens with one attached hydrogen (secondary N) is 2. The number of amides is 2. The van der Waals surface area contributed by atoms with E-state index in [0.717, 1.165) is 13.1 Å². The summed E-state index contributed by atoms with van der Waals surface area (Å²) in [7, 11) is 0. The highest BCUT2D eigenvalue weighted by atomic mass is 16.3. The molecule has 0 saturated carbocycles. The number of hydrogen-bond acceptors (Lipinski definition) is 4. The lowest BCUT2D eigenvalue weighted by Crippen LogP contribution is -2.53.